The Bertz CT molecular complexity index is 603. The molecule has 1 aromatic carbocycles. The van der Waals surface area contributed by atoms with Crippen molar-refractivity contribution in [2.24, 2.45) is 5.73 Å². The van der Waals surface area contributed by atoms with Crippen LogP contribution >= 0.6 is 0 Å². The Labute approximate surface area is 127 Å². The molecule has 0 saturated heterocycles. The van der Waals surface area contributed by atoms with Crippen LogP contribution in [0.2, 0.25) is 0 Å². The second kappa shape index (κ2) is 5.85. The minimum absolute atomic E-state index is 0.318. The van der Waals surface area contributed by atoms with Crippen molar-refractivity contribution >= 4 is 15.5 Å². The van der Waals surface area contributed by atoms with Gasteiger partial charge in [0.1, 0.15) is 5.75 Å². The largest absolute Gasteiger partial charge is 0.497 e. The number of nitrogens with zero attached hydrogens (tertiary/aromatic N) is 1. The predicted molar refractivity (Wildman–Crippen MR) is 85.7 cm³/mol. The van der Waals surface area contributed by atoms with Crippen LogP contribution in [-0.2, 0) is 9.84 Å². The van der Waals surface area contributed by atoms with Gasteiger partial charge < -0.3 is 15.4 Å². The summed E-state index contributed by atoms with van der Waals surface area (Å²) in [4.78, 5) is 2.02. The average molecular weight is 312 g/mol. The maximum absolute atomic E-state index is 12.2. The number of ether oxygens (including phenoxy) is 1. The standard InChI is InChI=1S/C15H24N2O3S/c1-17(12-6-4-7-13(10-12)20-2)15(11-16)9-5-8-14(15)21(3,18)19/h4,6-7,10,14H,5,8-9,11,16H2,1-3H3. The summed E-state index contributed by atoms with van der Waals surface area (Å²) in [5.41, 5.74) is 6.41. The topological polar surface area (TPSA) is 72.6 Å². The number of hydrogen-bond donors (Lipinski definition) is 1. The van der Waals surface area contributed by atoms with Gasteiger partial charge in [-0.3, -0.25) is 0 Å². The van der Waals surface area contributed by atoms with Crippen molar-refractivity contribution in [1.29, 1.82) is 0 Å². The van der Waals surface area contributed by atoms with Crippen LogP contribution in [0.5, 0.6) is 5.75 Å². The molecule has 21 heavy (non-hydrogen) atoms. The van der Waals surface area contributed by atoms with E-state index in [1.807, 2.05) is 36.2 Å². The molecule has 2 unspecified atom stereocenters. The Morgan fingerprint density at radius 1 is 1.48 bits per heavy atom. The molecular weight excluding hydrogens is 288 g/mol. The molecule has 1 aliphatic carbocycles. The van der Waals surface area contributed by atoms with Crippen molar-refractivity contribution in [3.63, 3.8) is 0 Å². The minimum atomic E-state index is -3.14. The summed E-state index contributed by atoms with van der Waals surface area (Å²) < 4.78 is 29.6. The Hall–Kier alpha value is -1.27. The van der Waals surface area contributed by atoms with Crippen LogP contribution in [0.4, 0.5) is 5.69 Å². The molecule has 118 valence electrons. The molecule has 0 radical (unpaired) electrons. The summed E-state index contributed by atoms with van der Waals surface area (Å²) in [6.45, 7) is 0.318. The summed E-state index contributed by atoms with van der Waals surface area (Å²) in [6.07, 6.45) is 3.65. The highest BCUT2D eigenvalue weighted by Crippen LogP contribution is 2.40. The molecule has 1 aromatic rings. The summed E-state index contributed by atoms with van der Waals surface area (Å²) in [7, 11) is 0.396. The zero-order chi connectivity index (χ0) is 15.7. The van der Waals surface area contributed by atoms with Crippen LogP contribution in [0.15, 0.2) is 24.3 Å². The first-order chi connectivity index (χ1) is 9.85. The van der Waals surface area contributed by atoms with Gasteiger partial charge in [0, 0.05) is 31.6 Å². The van der Waals surface area contributed by atoms with Crippen LogP contribution < -0.4 is 15.4 Å². The third kappa shape index (κ3) is 2.87. The molecule has 6 heteroatoms. The van der Waals surface area contributed by atoms with Gasteiger partial charge in [0.2, 0.25) is 0 Å². The Kier molecular flexibility index (Phi) is 4.49. The Morgan fingerprint density at radius 3 is 2.76 bits per heavy atom. The van der Waals surface area contributed by atoms with E-state index in [0.717, 1.165) is 24.3 Å². The second-order valence-electron chi connectivity index (χ2n) is 5.78. The van der Waals surface area contributed by atoms with Gasteiger partial charge in [0.05, 0.1) is 17.9 Å². The van der Waals surface area contributed by atoms with Crippen LogP contribution in [0.25, 0.3) is 0 Å². The van der Waals surface area contributed by atoms with Crippen LogP contribution in [0.1, 0.15) is 19.3 Å². The average Bonchev–Trinajstić information content (AvgIpc) is 2.92. The van der Waals surface area contributed by atoms with E-state index >= 15 is 0 Å². The molecule has 0 aromatic heterocycles. The molecule has 2 rings (SSSR count). The highest BCUT2D eigenvalue weighted by Gasteiger charge is 2.50. The fraction of sp³-hybridized carbons (Fsp3) is 0.600. The zero-order valence-electron chi connectivity index (χ0n) is 12.9. The second-order valence-corrected chi connectivity index (χ2v) is 8.01. The number of anilines is 1. The quantitative estimate of drug-likeness (QED) is 0.890. The Morgan fingerprint density at radius 2 is 2.19 bits per heavy atom. The van der Waals surface area contributed by atoms with Crippen molar-refractivity contribution in [2.75, 3.05) is 31.9 Å². The highest BCUT2D eigenvalue weighted by atomic mass is 32.2. The number of methoxy groups -OCH3 is 1. The fourth-order valence-electron chi connectivity index (χ4n) is 3.47. The molecule has 0 heterocycles. The maximum atomic E-state index is 12.2. The van der Waals surface area contributed by atoms with Crippen LogP contribution in [0.3, 0.4) is 0 Å². The highest BCUT2D eigenvalue weighted by molar-refractivity contribution is 7.91. The van der Waals surface area contributed by atoms with Gasteiger partial charge >= 0.3 is 0 Å². The van der Waals surface area contributed by atoms with Crippen LogP contribution in [0, 0.1) is 0 Å². The zero-order valence-corrected chi connectivity index (χ0v) is 13.7. The first-order valence-electron chi connectivity index (χ1n) is 7.12. The van der Waals surface area contributed by atoms with Gasteiger partial charge in [-0.1, -0.05) is 6.07 Å². The Balaban J connectivity index is 2.44. The lowest BCUT2D eigenvalue weighted by atomic mass is 9.94. The van der Waals surface area contributed by atoms with Crippen molar-refractivity contribution in [3.05, 3.63) is 24.3 Å². The van der Waals surface area contributed by atoms with Crippen LogP contribution in [-0.4, -0.2) is 46.2 Å². The van der Waals surface area contributed by atoms with E-state index in [0.29, 0.717) is 13.0 Å². The number of hydrogen-bond acceptors (Lipinski definition) is 5. The number of sulfone groups is 1. The normalized spacial score (nSPS) is 25.8. The third-order valence-electron chi connectivity index (χ3n) is 4.65. The van der Waals surface area contributed by atoms with Gasteiger partial charge in [0.15, 0.2) is 9.84 Å². The van der Waals surface area contributed by atoms with E-state index in [-0.39, 0.29) is 0 Å². The van der Waals surface area contributed by atoms with E-state index in [2.05, 4.69) is 0 Å². The monoisotopic (exact) mass is 312 g/mol. The smallest absolute Gasteiger partial charge is 0.152 e. The minimum Gasteiger partial charge on any atom is -0.497 e. The first kappa shape index (κ1) is 16.1. The summed E-state index contributed by atoms with van der Waals surface area (Å²) in [5, 5.41) is -0.425. The van der Waals surface area contributed by atoms with Crippen molar-refractivity contribution in [3.8, 4) is 5.75 Å². The molecule has 0 amide bonds. The van der Waals surface area contributed by atoms with Gasteiger partial charge in [0.25, 0.3) is 0 Å². The number of rotatable bonds is 5. The molecular formula is C15H24N2O3S. The van der Waals surface area contributed by atoms with E-state index in [1.165, 1.54) is 6.26 Å². The molecule has 5 nitrogen and oxygen atoms in total. The summed E-state index contributed by atoms with van der Waals surface area (Å²) in [6, 6.07) is 7.64. The molecule has 2 atom stereocenters. The van der Waals surface area contributed by atoms with E-state index < -0.39 is 20.6 Å². The van der Waals surface area contributed by atoms with E-state index in [1.54, 1.807) is 7.11 Å². The lowest BCUT2D eigenvalue weighted by Crippen LogP contribution is -2.59. The lowest BCUT2D eigenvalue weighted by molar-refractivity contribution is 0.409. The molecule has 1 saturated carbocycles. The maximum Gasteiger partial charge on any atom is 0.152 e. The molecule has 2 N–H and O–H groups in total. The molecule has 1 fully saturated rings. The number of benzene rings is 1. The third-order valence-corrected chi connectivity index (χ3v) is 6.36. The van der Waals surface area contributed by atoms with Crippen molar-refractivity contribution in [1.82, 2.24) is 0 Å². The van der Waals surface area contributed by atoms with E-state index in [4.69, 9.17) is 10.5 Å². The fourth-order valence-corrected chi connectivity index (χ4v) is 5.23. The SMILES string of the molecule is COc1cccc(N(C)C2(CN)CCCC2S(C)(=O)=O)c1. The molecule has 0 bridgehead atoms. The molecule has 0 spiro atoms. The molecule has 0 aliphatic heterocycles. The summed E-state index contributed by atoms with van der Waals surface area (Å²) >= 11 is 0. The lowest BCUT2D eigenvalue weighted by Gasteiger charge is -2.43. The number of likely N-dealkylation sites (N-methyl/N-ethyl adjacent to an activating group) is 1. The van der Waals surface area contributed by atoms with E-state index in [9.17, 15) is 8.42 Å². The summed E-state index contributed by atoms with van der Waals surface area (Å²) in [5.74, 6) is 0.750. The van der Waals surface area contributed by atoms with Gasteiger partial charge in [-0.25, -0.2) is 8.42 Å². The van der Waals surface area contributed by atoms with Gasteiger partial charge in [-0.05, 0) is 31.4 Å². The van der Waals surface area contributed by atoms with Crippen molar-refractivity contribution < 1.29 is 13.2 Å². The van der Waals surface area contributed by atoms with Gasteiger partial charge in [-0.2, -0.15) is 0 Å². The number of nitrogens with two attached hydrogens (primary N) is 1. The molecule has 1 aliphatic rings. The van der Waals surface area contributed by atoms with Crippen molar-refractivity contribution in [2.45, 2.75) is 30.1 Å². The first-order valence-corrected chi connectivity index (χ1v) is 9.07. The predicted octanol–water partition coefficient (Wildman–Crippen LogP) is 1.43. The van der Waals surface area contributed by atoms with Gasteiger partial charge in [-0.15, -0.1) is 0 Å².